The predicted octanol–water partition coefficient (Wildman–Crippen LogP) is 5.39. The van der Waals surface area contributed by atoms with Gasteiger partial charge in [-0.2, -0.15) is 0 Å². The highest BCUT2D eigenvalue weighted by Crippen LogP contribution is 2.24. The summed E-state index contributed by atoms with van der Waals surface area (Å²) >= 11 is 6.09. The number of fused-ring (bicyclic) bond motifs is 1. The number of nitrogens with zero attached hydrogens (tertiary/aromatic N) is 4. The number of nitrogens with one attached hydrogen (secondary N) is 2. The third kappa shape index (κ3) is 4.25. The molecule has 0 aliphatic rings. The van der Waals surface area contributed by atoms with E-state index in [-0.39, 0.29) is 0 Å². The summed E-state index contributed by atoms with van der Waals surface area (Å²) < 4.78 is 0. The Morgan fingerprint density at radius 3 is 2.74 bits per heavy atom. The standard InChI is InChI=1S/C24H19ClN6/c25-18-6-7-19-16(15-29-22(19)12-18)8-11-28-23-13-21(17-4-3-9-26-14-17)30-24(31-23)20-5-1-2-10-27-20/h1-7,9-10,12-15,29H,8,11H2,(H,28,30,31). The van der Waals surface area contributed by atoms with Gasteiger partial charge in [-0.3, -0.25) is 9.97 Å². The number of hydrogen-bond acceptors (Lipinski definition) is 5. The van der Waals surface area contributed by atoms with Gasteiger partial charge in [0, 0.05) is 58.9 Å². The fourth-order valence-corrected chi connectivity index (χ4v) is 3.67. The summed E-state index contributed by atoms with van der Waals surface area (Å²) in [5, 5.41) is 5.35. The molecule has 0 unspecified atom stereocenters. The van der Waals surface area contributed by atoms with Crippen LogP contribution in [-0.4, -0.2) is 31.5 Å². The second kappa shape index (κ2) is 8.53. The Labute approximate surface area is 184 Å². The van der Waals surface area contributed by atoms with E-state index in [1.165, 1.54) is 10.9 Å². The van der Waals surface area contributed by atoms with Crippen molar-refractivity contribution in [3.63, 3.8) is 0 Å². The van der Waals surface area contributed by atoms with Gasteiger partial charge in [0.05, 0.1) is 5.69 Å². The molecule has 0 spiro atoms. The molecule has 2 N–H and O–H groups in total. The largest absolute Gasteiger partial charge is 0.370 e. The highest BCUT2D eigenvalue weighted by atomic mass is 35.5. The van der Waals surface area contributed by atoms with Crippen LogP contribution in [0, 0.1) is 0 Å². The van der Waals surface area contributed by atoms with E-state index in [4.69, 9.17) is 21.6 Å². The lowest BCUT2D eigenvalue weighted by Crippen LogP contribution is -2.08. The van der Waals surface area contributed by atoms with Gasteiger partial charge in [-0.1, -0.05) is 23.7 Å². The van der Waals surface area contributed by atoms with Crippen LogP contribution in [0.25, 0.3) is 33.7 Å². The minimum absolute atomic E-state index is 0.575. The molecule has 0 aliphatic heterocycles. The summed E-state index contributed by atoms with van der Waals surface area (Å²) in [6, 6.07) is 17.4. The van der Waals surface area contributed by atoms with Crippen LogP contribution in [0.4, 0.5) is 5.82 Å². The minimum atomic E-state index is 0.575. The van der Waals surface area contributed by atoms with Crippen molar-refractivity contribution in [1.29, 1.82) is 0 Å². The van der Waals surface area contributed by atoms with Gasteiger partial charge >= 0.3 is 0 Å². The molecule has 0 fully saturated rings. The monoisotopic (exact) mass is 426 g/mol. The number of aromatic nitrogens is 5. The van der Waals surface area contributed by atoms with E-state index in [0.717, 1.165) is 46.3 Å². The lowest BCUT2D eigenvalue weighted by molar-refractivity contribution is 1.01. The fraction of sp³-hybridized carbons (Fsp3) is 0.0833. The summed E-state index contributed by atoms with van der Waals surface area (Å²) in [7, 11) is 0. The number of rotatable bonds is 6. The molecule has 0 aliphatic carbocycles. The molecule has 0 saturated carbocycles. The number of H-pyrrole nitrogens is 1. The molecule has 31 heavy (non-hydrogen) atoms. The molecule has 0 radical (unpaired) electrons. The Hall–Kier alpha value is -3.77. The van der Waals surface area contributed by atoms with Crippen molar-refractivity contribution in [2.24, 2.45) is 0 Å². The Kier molecular flexibility index (Phi) is 5.29. The van der Waals surface area contributed by atoms with Crippen molar-refractivity contribution in [2.45, 2.75) is 6.42 Å². The molecule has 5 aromatic rings. The van der Waals surface area contributed by atoms with Crippen LogP contribution in [0.1, 0.15) is 5.56 Å². The molecule has 1 aromatic carbocycles. The number of anilines is 1. The lowest BCUT2D eigenvalue weighted by Gasteiger charge is -2.10. The van der Waals surface area contributed by atoms with Crippen LogP contribution in [0.15, 0.2) is 79.4 Å². The summed E-state index contributed by atoms with van der Waals surface area (Å²) in [5.74, 6) is 1.32. The lowest BCUT2D eigenvalue weighted by atomic mass is 10.1. The number of halogens is 1. The molecule has 7 heteroatoms. The van der Waals surface area contributed by atoms with Crippen LogP contribution < -0.4 is 5.32 Å². The first kappa shape index (κ1) is 19.2. The maximum Gasteiger partial charge on any atom is 0.180 e. The molecule has 0 atom stereocenters. The SMILES string of the molecule is Clc1ccc2c(CCNc3cc(-c4cccnc4)nc(-c4ccccn4)n3)c[nH]c2c1. The molecule has 0 bridgehead atoms. The van der Waals surface area contributed by atoms with Gasteiger partial charge in [0.25, 0.3) is 0 Å². The maximum atomic E-state index is 6.09. The van der Waals surface area contributed by atoms with Gasteiger partial charge < -0.3 is 10.3 Å². The van der Waals surface area contributed by atoms with E-state index in [2.05, 4.69) is 20.3 Å². The molecule has 4 aromatic heterocycles. The quantitative estimate of drug-likeness (QED) is 0.380. The second-order valence-electron chi connectivity index (χ2n) is 7.10. The summed E-state index contributed by atoms with van der Waals surface area (Å²) in [6.07, 6.45) is 8.16. The average molecular weight is 427 g/mol. The second-order valence-corrected chi connectivity index (χ2v) is 7.54. The summed E-state index contributed by atoms with van der Waals surface area (Å²) in [6.45, 7) is 0.723. The first-order valence-electron chi connectivity index (χ1n) is 9.96. The van der Waals surface area contributed by atoms with Crippen molar-refractivity contribution in [3.05, 3.63) is 90.0 Å². The molecule has 152 valence electrons. The molecule has 4 heterocycles. The summed E-state index contributed by atoms with van der Waals surface area (Å²) in [4.78, 5) is 21.3. The van der Waals surface area contributed by atoms with E-state index >= 15 is 0 Å². The minimum Gasteiger partial charge on any atom is -0.370 e. The first-order valence-corrected chi connectivity index (χ1v) is 10.3. The van der Waals surface area contributed by atoms with E-state index in [1.807, 2.05) is 60.8 Å². The molecule has 0 amide bonds. The maximum absolute atomic E-state index is 6.09. The van der Waals surface area contributed by atoms with Crippen LogP contribution in [0.3, 0.4) is 0 Å². The smallest absolute Gasteiger partial charge is 0.180 e. The van der Waals surface area contributed by atoms with E-state index in [0.29, 0.717) is 5.82 Å². The van der Waals surface area contributed by atoms with Crippen molar-refractivity contribution >= 4 is 28.3 Å². The number of benzene rings is 1. The van der Waals surface area contributed by atoms with E-state index in [1.54, 1.807) is 18.6 Å². The van der Waals surface area contributed by atoms with Crippen molar-refractivity contribution in [2.75, 3.05) is 11.9 Å². The molecule has 0 saturated heterocycles. The Bertz CT molecular complexity index is 1260. The van der Waals surface area contributed by atoms with Crippen molar-refractivity contribution in [3.8, 4) is 22.8 Å². The normalized spacial score (nSPS) is 11.0. The van der Waals surface area contributed by atoms with Crippen LogP contribution in [0.5, 0.6) is 0 Å². The number of hydrogen-bond donors (Lipinski definition) is 2. The van der Waals surface area contributed by atoms with Gasteiger partial charge in [-0.05, 0) is 48.4 Å². The topological polar surface area (TPSA) is 79.4 Å². The third-order valence-corrected chi connectivity index (χ3v) is 5.24. The van der Waals surface area contributed by atoms with Crippen molar-refractivity contribution in [1.82, 2.24) is 24.9 Å². The van der Waals surface area contributed by atoms with Gasteiger partial charge in [-0.15, -0.1) is 0 Å². The number of pyridine rings is 2. The van der Waals surface area contributed by atoms with Crippen LogP contribution >= 0.6 is 11.6 Å². The molecule has 6 nitrogen and oxygen atoms in total. The molecule has 5 rings (SSSR count). The third-order valence-electron chi connectivity index (χ3n) is 5.01. The number of aromatic amines is 1. The highest BCUT2D eigenvalue weighted by molar-refractivity contribution is 6.31. The Morgan fingerprint density at radius 2 is 1.90 bits per heavy atom. The fourth-order valence-electron chi connectivity index (χ4n) is 3.50. The van der Waals surface area contributed by atoms with Gasteiger partial charge in [0.15, 0.2) is 5.82 Å². The van der Waals surface area contributed by atoms with Crippen LogP contribution in [-0.2, 0) is 6.42 Å². The average Bonchev–Trinajstić information content (AvgIpc) is 3.22. The Balaban J connectivity index is 1.41. The van der Waals surface area contributed by atoms with Gasteiger partial charge in [0.2, 0.25) is 0 Å². The van der Waals surface area contributed by atoms with E-state index in [9.17, 15) is 0 Å². The van der Waals surface area contributed by atoms with E-state index < -0.39 is 0 Å². The first-order chi connectivity index (χ1) is 15.3. The van der Waals surface area contributed by atoms with Gasteiger partial charge in [-0.25, -0.2) is 9.97 Å². The highest BCUT2D eigenvalue weighted by Gasteiger charge is 2.10. The zero-order valence-electron chi connectivity index (χ0n) is 16.6. The molecular weight excluding hydrogens is 408 g/mol. The van der Waals surface area contributed by atoms with Gasteiger partial charge in [0.1, 0.15) is 11.5 Å². The van der Waals surface area contributed by atoms with Crippen LogP contribution in [0.2, 0.25) is 5.02 Å². The summed E-state index contributed by atoms with van der Waals surface area (Å²) in [5.41, 5.74) is 4.72. The zero-order valence-corrected chi connectivity index (χ0v) is 17.3. The predicted molar refractivity (Wildman–Crippen MR) is 124 cm³/mol. The zero-order chi connectivity index (χ0) is 21.0. The molecular formula is C24H19ClN6. The van der Waals surface area contributed by atoms with Crippen molar-refractivity contribution < 1.29 is 0 Å². The Morgan fingerprint density at radius 1 is 0.935 bits per heavy atom.